The van der Waals surface area contributed by atoms with Gasteiger partial charge in [-0.1, -0.05) is 17.7 Å². The van der Waals surface area contributed by atoms with Crippen molar-refractivity contribution < 1.29 is 8.60 Å². The van der Waals surface area contributed by atoms with Crippen LogP contribution in [0.3, 0.4) is 0 Å². The number of benzene rings is 1. The van der Waals surface area contributed by atoms with E-state index >= 15 is 0 Å². The van der Waals surface area contributed by atoms with Gasteiger partial charge in [0.2, 0.25) is 0 Å². The van der Waals surface area contributed by atoms with Crippen LogP contribution in [0.1, 0.15) is 12.0 Å². The van der Waals surface area contributed by atoms with E-state index in [-0.39, 0.29) is 5.02 Å². The maximum atomic E-state index is 12.8. The van der Waals surface area contributed by atoms with Crippen LogP contribution in [0.2, 0.25) is 5.02 Å². The first kappa shape index (κ1) is 13.6. The molecule has 0 fully saturated rings. The van der Waals surface area contributed by atoms with Gasteiger partial charge in [0.25, 0.3) is 0 Å². The lowest BCUT2D eigenvalue weighted by Gasteiger charge is -2.05. The maximum absolute atomic E-state index is 12.8. The van der Waals surface area contributed by atoms with Crippen molar-refractivity contribution in [1.29, 1.82) is 0 Å². The first-order chi connectivity index (χ1) is 7.59. The van der Waals surface area contributed by atoms with Gasteiger partial charge >= 0.3 is 0 Å². The summed E-state index contributed by atoms with van der Waals surface area (Å²) in [7, 11) is -0.731. The molecule has 90 valence electrons. The Morgan fingerprint density at radius 3 is 2.88 bits per heavy atom. The third-order valence-corrected chi connectivity index (χ3v) is 3.25. The molecule has 2 nitrogen and oxygen atoms in total. The zero-order valence-electron chi connectivity index (χ0n) is 9.13. The molecule has 0 spiro atoms. The summed E-state index contributed by atoms with van der Waals surface area (Å²) in [4.78, 5) is 0. The van der Waals surface area contributed by atoms with Crippen molar-refractivity contribution in [2.24, 2.45) is 0 Å². The summed E-state index contributed by atoms with van der Waals surface area (Å²) >= 11 is 5.65. The van der Waals surface area contributed by atoms with E-state index in [2.05, 4.69) is 5.32 Å². The summed E-state index contributed by atoms with van der Waals surface area (Å²) < 4.78 is 23.6. The highest BCUT2D eigenvalue weighted by Gasteiger charge is 2.00. The standard InChI is InChI=1S/C11H15ClFNOS/c1-16(15)6-2-5-14-8-9-3-4-11(13)10(12)7-9/h3-4,7,14H,2,5-6,8H2,1H3/t16-/m0/s1. The predicted octanol–water partition coefficient (Wildman–Crippen LogP) is 2.34. The molecule has 0 radical (unpaired) electrons. The Bertz CT molecular complexity index is 373. The third-order valence-electron chi connectivity index (χ3n) is 2.10. The van der Waals surface area contributed by atoms with Crippen LogP contribution in [-0.4, -0.2) is 22.8 Å². The van der Waals surface area contributed by atoms with Gasteiger partial charge in [-0.2, -0.15) is 0 Å². The third kappa shape index (κ3) is 5.05. The number of rotatable bonds is 6. The fourth-order valence-electron chi connectivity index (χ4n) is 1.28. The summed E-state index contributed by atoms with van der Waals surface area (Å²) in [5, 5.41) is 3.34. The molecule has 0 saturated carbocycles. The minimum Gasteiger partial charge on any atom is -0.313 e. The van der Waals surface area contributed by atoms with Crippen LogP contribution in [0, 0.1) is 5.82 Å². The molecule has 0 bridgehead atoms. The van der Waals surface area contributed by atoms with Gasteiger partial charge < -0.3 is 5.32 Å². The smallest absolute Gasteiger partial charge is 0.141 e. The Balaban J connectivity index is 2.27. The lowest BCUT2D eigenvalue weighted by atomic mass is 10.2. The summed E-state index contributed by atoms with van der Waals surface area (Å²) in [5.74, 6) is 0.309. The molecule has 0 saturated heterocycles. The van der Waals surface area contributed by atoms with E-state index in [1.165, 1.54) is 6.07 Å². The van der Waals surface area contributed by atoms with E-state index in [1.807, 2.05) is 0 Å². The van der Waals surface area contributed by atoms with Gasteiger partial charge in [0.15, 0.2) is 0 Å². The van der Waals surface area contributed by atoms with Crippen molar-refractivity contribution in [3.8, 4) is 0 Å². The Hall–Kier alpha value is -0.450. The molecule has 0 aliphatic rings. The molecular formula is C11H15ClFNOS. The summed E-state index contributed by atoms with van der Waals surface area (Å²) in [6, 6.07) is 4.68. The number of hydrogen-bond donors (Lipinski definition) is 1. The first-order valence-electron chi connectivity index (χ1n) is 5.04. The Morgan fingerprint density at radius 1 is 1.50 bits per heavy atom. The molecule has 0 aliphatic heterocycles. The maximum Gasteiger partial charge on any atom is 0.141 e. The van der Waals surface area contributed by atoms with Gasteiger partial charge in [-0.3, -0.25) is 4.21 Å². The van der Waals surface area contributed by atoms with E-state index in [1.54, 1.807) is 18.4 Å². The van der Waals surface area contributed by atoms with E-state index in [4.69, 9.17) is 11.6 Å². The van der Waals surface area contributed by atoms with Gasteiger partial charge in [-0.05, 0) is 30.7 Å². The average molecular weight is 264 g/mol. The molecular weight excluding hydrogens is 249 g/mol. The van der Waals surface area contributed by atoms with Gasteiger partial charge in [0.1, 0.15) is 5.82 Å². The SMILES string of the molecule is C[S@](=O)CCCNCc1ccc(F)c(Cl)c1. The largest absolute Gasteiger partial charge is 0.313 e. The minimum atomic E-state index is -0.731. The lowest BCUT2D eigenvalue weighted by molar-refractivity contribution is 0.624. The molecule has 16 heavy (non-hydrogen) atoms. The lowest BCUT2D eigenvalue weighted by Crippen LogP contribution is -2.16. The van der Waals surface area contributed by atoms with Gasteiger partial charge in [0, 0.05) is 29.4 Å². The van der Waals surface area contributed by atoms with E-state index in [9.17, 15) is 8.60 Å². The average Bonchev–Trinajstić information content (AvgIpc) is 2.22. The van der Waals surface area contributed by atoms with Crippen molar-refractivity contribution in [3.63, 3.8) is 0 Å². The van der Waals surface area contributed by atoms with Gasteiger partial charge in [-0.25, -0.2) is 4.39 Å². The molecule has 0 unspecified atom stereocenters. The minimum absolute atomic E-state index is 0.147. The topological polar surface area (TPSA) is 29.1 Å². The number of hydrogen-bond acceptors (Lipinski definition) is 2. The van der Waals surface area contributed by atoms with E-state index < -0.39 is 16.6 Å². The van der Waals surface area contributed by atoms with Crippen molar-refractivity contribution in [2.75, 3.05) is 18.6 Å². The van der Waals surface area contributed by atoms with Gasteiger partial charge in [-0.15, -0.1) is 0 Å². The monoisotopic (exact) mass is 263 g/mol. The Kier molecular flexibility index (Phi) is 5.95. The van der Waals surface area contributed by atoms with Gasteiger partial charge in [0.05, 0.1) is 5.02 Å². The Morgan fingerprint density at radius 2 is 2.25 bits per heavy atom. The second-order valence-corrected chi connectivity index (χ2v) is 5.52. The Labute approximate surface area is 103 Å². The fraction of sp³-hybridized carbons (Fsp3) is 0.455. The van der Waals surface area contributed by atoms with Crippen molar-refractivity contribution in [2.45, 2.75) is 13.0 Å². The van der Waals surface area contributed by atoms with Crippen molar-refractivity contribution in [1.82, 2.24) is 5.32 Å². The fourth-order valence-corrected chi connectivity index (χ4v) is 2.04. The van der Waals surface area contributed by atoms with Crippen LogP contribution < -0.4 is 5.32 Å². The highest BCUT2D eigenvalue weighted by Crippen LogP contribution is 2.15. The van der Waals surface area contributed by atoms with Crippen LogP contribution in [0.25, 0.3) is 0 Å². The number of halogens is 2. The molecule has 0 amide bonds. The summed E-state index contributed by atoms with van der Waals surface area (Å²) in [6.45, 7) is 1.45. The highest BCUT2D eigenvalue weighted by molar-refractivity contribution is 7.84. The predicted molar refractivity (Wildman–Crippen MR) is 66.7 cm³/mol. The molecule has 0 aliphatic carbocycles. The zero-order chi connectivity index (χ0) is 12.0. The van der Waals surface area contributed by atoms with Crippen molar-refractivity contribution in [3.05, 3.63) is 34.6 Å². The molecule has 1 aromatic carbocycles. The van der Waals surface area contributed by atoms with Crippen LogP contribution >= 0.6 is 11.6 Å². The van der Waals surface area contributed by atoms with E-state index in [0.717, 1.165) is 18.5 Å². The molecule has 0 aromatic heterocycles. The van der Waals surface area contributed by atoms with E-state index in [0.29, 0.717) is 12.3 Å². The quantitative estimate of drug-likeness (QED) is 0.799. The molecule has 0 heterocycles. The molecule has 5 heteroatoms. The molecule has 1 rings (SSSR count). The second kappa shape index (κ2) is 6.99. The highest BCUT2D eigenvalue weighted by atomic mass is 35.5. The van der Waals surface area contributed by atoms with Crippen LogP contribution in [-0.2, 0) is 17.3 Å². The van der Waals surface area contributed by atoms with Crippen LogP contribution in [0.4, 0.5) is 4.39 Å². The number of nitrogens with one attached hydrogen (secondary N) is 1. The molecule has 1 atom stereocenters. The van der Waals surface area contributed by atoms with Crippen LogP contribution in [0.15, 0.2) is 18.2 Å². The second-order valence-electron chi connectivity index (χ2n) is 3.56. The summed E-state index contributed by atoms with van der Waals surface area (Å²) in [5.41, 5.74) is 0.948. The summed E-state index contributed by atoms with van der Waals surface area (Å²) in [6.07, 6.45) is 2.57. The zero-order valence-corrected chi connectivity index (χ0v) is 10.7. The normalized spacial score (nSPS) is 12.7. The van der Waals surface area contributed by atoms with Crippen molar-refractivity contribution >= 4 is 22.4 Å². The molecule has 1 N–H and O–H groups in total. The first-order valence-corrected chi connectivity index (χ1v) is 7.15. The van der Waals surface area contributed by atoms with Crippen LogP contribution in [0.5, 0.6) is 0 Å². The molecule has 1 aromatic rings.